The van der Waals surface area contributed by atoms with Crippen LogP contribution >= 0.6 is 0 Å². The number of nitrogens with one attached hydrogen (secondary N) is 2. The highest BCUT2D eigenvalue weighted by Crippen LogP contribution is 2.50. The summed E-state index contributed by atoms with van der Waals surface area (Å²) in [5.41, 5.74) is 4.31. The van der Waals surface area contributed by atoms with Gasteiger partial charge in [0.2, 0.25) is 0 Å². The van der Waals surface area contributed by atoms with Gasteiger partial charge in [0.25, 0.3) is 35.8 Å². The first-order valence-electron chi connectivity index (χ1n) is 45.8. The van der Waals surface area contributed by atoms with Crippen molar-refractivity contribution in [2.75, 3.05) is 92.7 Å². The van der Waals surface area contributed by atoms with Gasteiger partial charge in [0, 0.05) is 158 Å². The molecule has 0 saturated carbocycles. The van der Waals surface area contributed by atoms with E-state index in [4.69, 9.17) is 14.2 Å². The van der Waals surface area contributed by atoms with Crippen LogP contribution in [0.25, 0.3) is 0 Å². The minimum atomic E-state index is -4.92. The Hall–Kier alpha value is -10.4. The molecule has 133 heavy (non-hydrogen) atoms. The zero-order valence-electron chi connectivity index (χ0n) is 78.9. The molecule has 8 aliphatic rings. The second-order valence-electron chi connectivity index (χ2n) is 39.5. The van der Waals surface area contributed by atoms with Crippen LogP contribution in [-0.2, 0) is 65.2 Å². The Morgan fingerprint density at radius 1 is 0.504 bits per heavy atom. The molecule has 4 spiro atoms. The number of piperidine rings is 4. The predicted octanol–water partition coefficient (Wildman–Crippen LogP) is 18.8. The van der Waals surface area contributed by atoms with Crippen LogP contribution in [0.3, 0.4) is 0 Å². The number of hydrogen-bond donors (Lipinski definition) is 3. The van der Waals surface area contributed by atoms with Gasteiger partial charge in [-0.25, -0.2) is 8.78 Å². The molecule has 1 unspecified atom stereocenters. The third kappa shape index (κ3) is 20.8. The number of ketones is 2. The minimum Gasteiger partial charge on any atom is -0.496 e. The smallest absolute Gasteiger partial charge is 0.456 e. The lowest BCUT2D eigenvalue weighted by atomic mass is 9.79. The maximum Gasteiger partial charge on any atom is 0.456 e. The Bertz CT molecular complexity index is 5590. The highest BCUT2D eigenvalue weighted by atomic mass is 19.4. The summed E-state index contributed by atoms with van der Waals surface area (Å²) in [6.07, 6.45) is -11.9. The molecule has 0 aliphatic carbocycles. The van der Waals surface area contributed by atoms with Gasteiger partial charge in [0.1, 0.15) is 28.6 Å². The number of hydrogen-bond acceptors (Lipinski definition) is 14. The number of Topliss-reactive ketones (excluding diaryl/α,β-unsaturated/α-hetero) is 2. The first kappa shape index (κ1) is 100. The number of nitrogens with zero attached hydrogens (tertiary/aromatic N) is 10. The number of rotatable bonds is 14. The van der Waals surface area contributed by atoms with Gasteiger partial charge in [-0.15, -0.1) is 0 Å². The van der Waals surface area contributed by atoms with Crippen LogP contribution in [0, 0.1) is 13.8 Å². The summed E-state index contributed by atoms with van der Waals surface area (Å²) in [6, 6.07) is 35.2. The normalized spacial score (nSPS) is 19.3. The Morgan fingerprint density at radius 3 is 1.39 bits per heavy atom. The van der Waals surface area contributed by atoms with E-state index in [2.05, 4.69) is 60.8 Å². The van der Waals surface area contributed by atoms with Gasteiger partial charge in [-0.05, 0) is 271 Å². The number of aryl methyl sites for hydroxylation is 2. The van der Waals surface area contributed by atoms with Crippen molar-refractivity contribution in [1.82, 2.24) is 58.3 Å². The van der Waals surface area contributed by atoms with E-state index in [1.165, 1.54) is 27.3 Å². The van der Waals surface area contributed by atoms with Crippen LogP contribution in [-0.4, -0.2) is 211 Å². The first-order valence-corrected chi connectivity index (χ1v) is 45.8. The molecule has 0 bridgehead atoms. The summed E-state index contributed by atoms with van der Waals surface area (Å²) in [4.78, 5) is 87.9. The molecule has 4 fully saturated rings. The van der Waals surface area contributed by atoms with E-state index in [-0.39, 0.29) is 112 Å². The van der Waals surface area contributed by atoms with Crippen LogP contribution < -0.4 is 24.8 Å². The molecular formula is C100H129F11N12O10. The zero-order valence-corrected chi connectivity index (χ0v) is 78.9. The van der Waals surface area contributed by atoms with Crippen molar-refractivity contribution in [2.24, 2.45) is 0 Å². The molecule has 3 N–H and O–H groups in total. The summed E-state index contributed by atoms with van der Waals surface area (Å²) >= 11 is 0. The van der Waals surface area contributed by atoms with Crippen LogP contribution in [0.1, 0.15) is 269 Å². The number of amides is 4. The maximum absolute atomic E-state index is 13.5. The van der Waals surface area contributed by atoms with Crippen molar-refractivity contribution in [2.45, 2.75) is 257 Å². The Kier molecular flexibility index (Phi) is 28.7. The first-order chi connectivity index (χ1) is 62.1. The quantitative estimate of drug-likeness (QED) is 0.0683. The number of methoxy groups -OCH3 is 1. The maximum atomic E-state index is 13.5. The molecule has 16 rings (SSSR count). The van der Waals surface area contributed by atoms with Gasteiger partial charge in [-0.3, -0.25) is 43.9 Å². The molecule has 33 heteroatoms. The van der Waals surface area contributed by atoms with Crippen LogP contribution in [0.15, 0.2) is 127 Å². The number of alkyl halides is 11. The van der Waals surface area contributed by atoms with E-state index in [9.17, 15) is 82.2 Å². The molecule has 8 aromatic rings. The zero-order chi connectivity index (χ0) is 97.2. The number of benzene rings is 4. The average molecular weight is 1870 g/mol. The fourth-order valence-electron chi connectivity index (χ4n) is 21.2. The van der Waals surface area contributed by atoms with Crippen molar-refractivity contribution in [3.8, 4) is 17.2 Å². The lowest BCUT2D eigenvalue weighted by molar-refractivity contribution is -0.145. The monoisotopic (exact) mass is 1870 g/mol. The van der Waals surface area contributed by atoms with Gasteiger partial charge in [-0.1, -0.05) is 39.0 Å². The molecular weight excluding hydrogens is 1740 g/mol. The number of likely N-dealkylation sites (tertiary alicyclic amines) is 4. The molecule has 4 aromatic heterocycles. The molecule has 4 saturated heterocycles. The van der Waals surface area contributed by atoms with Crippen LogP contribution in [0.5, 0.6) is 17.2 Å². The second kappa shape index (κ2) is 38.1. The van der Waals surface area contributed by atoms with Gasteiger partial charge >= 0.3 is 18.5 Å². The second-order valence-corrected chi connectivity index (χ2v) is 39.5. The highest BCUT2D eigenvalue weighted by Gasteiger charge is 2.54. The van der Waals surface area contributed by atoms with Gasteiger partial charge in [-0.2, -0.15) is 39.5 Å². The Balaban J connectivity index is 0.000000172. The Morgan fingerprint density at radius 2 is 0.932 bits per heavy atom. The molecule has 4 amide bonds. The predicted molar refractivity (Wildman–Crippen MR) is 487 cm³/mol. The fourth-order valence-corrected chi connectivity index (χ4v) is 21.2. The summed E-state index contributed by atoms with van der Waals surface area (Å²) < 4.78 is 170. The molecule has 22 nitrogen and oxygen atoms in total. The summed E-state index contributed by atoms with van der Waals surface area (Å²) in [5, 5.41) is 17.4. The number of ether oxygens (including phenoxy) is 3. The lowest BCUT2D eigenvalue weighted by Gasteiger charge is -2.52. The fraction of sp³-hybridized carbons (Fsp3) is 0.540. The summed E-state index contributed by atoms with van der Waals surface area (Å²) in [5.74, 6) is 0.210. The average Bonchev–Trinajstić information content (AvgIpc) is 1.63. The number of aromatic nitrogens is 4. The van der Waals surface area contributed by atoms with E-state index in [0.29, 0.717) is 129 Å². The number of carbonyl (C=O) groups excluding carboxylic acids is 6. The lowest BCUT2D eigenvalue weighted by Crippen LogP contribution is -2.63. The largest absolute Gasteiger partial charge is 0.496 e. The van der Waals surface area contributed by atoms with E-state index >= 15 is 0 Å². The van der Waals surface area contributed by atoms with Gasteiger partial charge < -0.3 is 62.5 Å². The molecule has 726 valence electrons. The van der Waals surface area contributed by atoms with Crippen LogP contribution in [0.2, 0.25) is 0 Å². The minimum absolute atomic E-state index is 0. The topological polar surface area (TPSA) is 214 Å². The molecule has 0 radical (unpaired) electrons. The number of halogens is 11. The molecule has 4 aromatic carbocycles. The molecule has 1 atom stereocenters. The molecule has 12 heterocycles. The summed E-state index contributed by atoms with van der Waals surface area (Å²) in [7, 11) is 3.62. The van der Waals surface area contributed by atoms with Crippen molar-refractivity contribution in [1.29, 1.82) is 0 Å². The van der Waals surface area contributed by atoms with Gasteiger partial charge in [0.15, 0.2) is 5.78 Å². The van der Waals surface area contributed by atoms with E-state index < -0.39 is 70.9 Å². The van der Waals surface area contributed by atoms with Crippen molar-refractivity contribution in [3.63, 3.8) is 0 Å². The van der Waals surface area contributed by atoms with Crippen molar-refractivity contribution >= 4 is 35.2 Å². The van der Waals surface area contributed by atoms with Gasteiger partial charge in [0.05, 0.1) is 65.0 Å². The SMILES string of the molecule is CC(C)(O)c1ccc(C(=O)N2CCC3(CC2)c2ccc(C(F)(F)F)n2CCN3CC(F)F)cc1.COc1cc(C(=O)N2CCC3(CC2)NC(C)(C)Cn2c(C(C)=O)ccc23)ccc1C(C)(C)C.Cc1cc(C(=O)N2CCC3(CC2)NCCn2c(C(F)(F)F)ccc23)ccc1OC(C)C.Cc1cc(C(=O)N2CCC3(CC2)c2ccc(C(=O)C(F)(F)F)n2C(C)CN3C)ccc1OC(C)C.[HH].[HH]. The third-order valence-corrected chi connectivity index (χ3v) is 27.7. The molecule has 8 aliphatic heterocycles. The number of aliphatic hydroxyl groups is 1. The summed E-state index contributed by atoms with van der Waals surface area (Å²) in [6.45, 7) is 34.5. The highest BCUT2D eigenvalue weighted by molar-refractivity contribution is 6.00. The number of fused-ring (bicyclic) bond motifs is 8. The number of likely N-dealkylation sites (N-methyl/N-ethyl adjacent to an activating group) is 1. The van der Waals surface area contributed by atoms with Crippen molar-refractivity contribution in [3.05, 3.63) is 217 Å². The third-order valence-electron chi connectivity index (χ3n) is 27.7. The van der Waals surface area contributed by atoms with Crippen LogP contribution in [0.4, 0.5) is 48.3 Å². The number of carbonyl (C=O) groups is 6. The Labute approximate surface area is 773 Å². The van der Waals surface area contributed by atoms with E-state index in [1.807, 2.05) is 109 Å². The van der Waals surface area contributed by atoms with E-state index in [0.717, 1.165) is 70.8 Å². The van der Waals surface area contributed by atoms with Crippen molar-refractivity contribution < 1.29 is 99.2 Å². The van der Waals surface area contributed by atoms with E-state index in [1.54, 1.807) is 101 Å². The standard InChI is InChI=1S/C27H37N3O3.C26H32F3N3O3.C24H28F5N3O2.C23H28F3N3O2.2H2/c1-18(31)21-10-11-23-27(28-26(5,6)17-30(21)23)12-14-29(15-13-27)24(32)19-8-9-20(25(2,3)4)22(16-19)33-7;1-16(2)35-21-8-6-19(14-17(21)3)24(34)31-12-10-25(11-13-31)22-9-7-20(23(33)26(27,28)29)32(22)18(4)15-30(25)5;1-22(2,34)17-5-3-16(4-6-17)21(33)30-11-9-23(10-12-30)18-7-8-19(24(27,28)29)32(18)14-13-31(23)15-20(25)26;1-15(2)31-18-5-4-17(14-16(18)3)21(30)28-11-8-22(9-12-28)19-6-7-20(23(24,25)26)29(19)13-10-27-22;;/h8-11,16,28H,12-15,17H2,1-7H3;6-9,14,16,18H,10-13,15H2,1-5H3;3-8,20,34H,9-15H2,1-2H3;4-7,14-15,27H,8-13H2,1-3H3;2*1H.